The van der Waals surface area contributed by atoms with Crippen molar-refractivity contribution in [2.75, 3.05) is 18.0 Å². The van der Waals surface area contributed by atoms with Crippen molar-refractivity contribution in [3.05, 3.63) is 65.7 Å². The molecule has 3 rings (SSSR count). The summed E-state index contributed by atoms with van der Waals surface area (Å²) in [6.45, 7) is 2.05. The highest BCUT2D eigenvalue weighted by molar-refractivity contribution is 7.81. The molecule has 1 fully saturated rings. The Labute approximate surface area is 131 Å². The first-order valence-corrected chi connectivity index (χ1v) is 7.88. The summed E-state index contributed by atoms with van der Waals surface area (Å²) in [5, 5.41) is 0.448. The minimum absolute atomic E-state index is 0.0767. The molecule has 2 aromatic rings. The van der Waals surface area contributed by atoms with Crippen LogP contribution >= 0.6 is 12.6 Å². The Kier molecular flexibility index (Phi) is 4.30. The van der Waals surface area contributed by atoms with Crippen LogP contribution in [0.5, 0.6) is 0 Å². The second-order valence-corrected chi connectivity index (χ2v) is 6.21. The highest BCUT2D eigenvalue weighted by Gasteiger charge is 2.17. The van der Waals surface area contributed by atoms with Gasteiger partial charge in [0.15, 0.2) is 5.78 Å². The fraction of sp³-hybridized carbons (Fsp3) is 0.278. The zero-order valence-corrected chi connectivity index (χ0v) is 12.8. The van der Waals surface area contributed by atoms with Crippen LogP contribution < -0.4 is 4.90 Å². The number of piperidine rings is 1. The smallest absolute Gasteiger partial charge is 0.193 e. The molecule has 1 aliphatic heterocycles. The second kappa shape index (κ2) is 6.35. The van der Waals surface area contributed by atoms with E-state index in [4.69, 9.17) is 0 Å². The fourth-order valence-electron chi connectivity index (χ4n) is 2.77. The first-order chi connectivity index (χ1) is 10.2. The van der Waals surface area contributed by atoms with Gasteiger partial charge in [-0.25, -0.2) is 0 Å². The molecule has 1 aliphatic rings. The molecule has 0 radical (unpaired) electrons. The van der Waals surface area contributed by atoms with Crippen LogP contribution in [0.3, 0.4) is 0 Å². The number of benzene rings is 2. The van der Waals surface area contributed by atoms with Crippen LogP contribution in [0.4, 0.5) is 5.69 Å². The molecule has 0 spiro atoms. The molecular weight excluding hydrogens is 278 g/mol. The maximum absolute atomic E-state index is 12.4. The van der Waals surface area contributed by atoms with Crippen LogP contribution in [0.25, 0.3) is 0 Å². The first kappa shape index (κ1) is 14.2. The van der Waals surface area contributed by atoms with Gasteiger partial charge >= 0.3 is 0 Å². The Balaban J connectivity index is 1.76. The van der Waals surface area contributed by atoms with Gasteiger partial charge in [0.25, 0.3) is 0 Å². The van der Waals surface area contributed by atoms with Crippen molar-refractivity contribution in [3.63, 3.8) is 0 Å². The lowest BCUT2D eigenvalue weighted by molar-refractivity contribution is 0.103. The third-order valence-electron chi connectivity index (χ3n) is 3.93. The quantitative estimate of drug-likeness (QED) is 0.686. The fourth-order valence-corrected chi connectivity index (χ4v) is 3.15. The highest BCUT2D eigenvalue weighted by Crippen LogP contribution is 2.23. The van der Waals surface area contributed by atoms with Gasteiger partial charge in [-0.1, -0.05) is 30.3 Å². The van der Waals surface area contributed by atoms with Crippen molar-refractivity contribution in [2.24, 2.45) is 0 Å². The maximum Gasteiger partial charge on any atom is 0.193 e. The first-order valence-electron chi connectivity index (χ1n) is 7.37. The number of hydrogen-bond donors (Lipinski definition) is 1. The Hall–Kier alpha value is -1.74. The second-order valence-electron chi connectivity index (χ2n) is 5.48. The third-order valence-corrected chi connectivity index (χ3v) is 4.35. The van der Waals surface area contributed by atoms with E-state index in [1.165, 1.54) is 18.5 Å². The van der Waals surface area contributed by atoms with Gasteiger partial charge in [0.05, 0.1) is 0 Å². The van der Waals surface area contributed by atoms with Crippen LogP contribution in [0, 0.1) is 0 Å². The minimum Gasteiger partial charge on any atom is -0.370 e. The summed E-state index contributed by atoms with van der Waals surface area (Å²) in [5.41, 5.74) is 2.65. The zero-order chi connectivity index (χ0) is 14.7. The Morgan fingerprint density at radius 3 is 2.33 bits per heavy atom. The van der Waals surface area contributed by atoms with Gasteiger partial charge in [-0.2, -0.15) is 12.6 Å². The summed E-state index contributed by atoms with van der Waals surface area (Å²) < 4.78 is 0. The van der Waals surface area contributed by atoms with Crippen molar-refractivity contribution in [1.82, 2.24) is 0 Å². The van der Waals surface area contributed by atoms with E-state index in [2.05, 4.69) is 17.5 Å². The van der Waals surface area contributed by atoms with Gasteiger partial charge < -0.3 is 4.90 Å². The minimum atomic E-state index is 0.0767. The van der Waals surface area contributed by atoms with Crippen molar-refractivity contribution < 1.29 is 4.79 Å². The van der Waals surface area contributed by atoms with E-state index in [9.17, 15) is 4.79 Å². The molecule has 21 heavy (non-hydrogen) atoms. The molecule has 2 aromatic carbocycles. The Morgan fingerprint density at radius 1 is 1.00 bits per heavy atom. The maximum atomic E-state index is 12.4. The summed E-state index contributed by atoms with van der Waals surface area (Å²) in [6.07, 6.45) is 2.36. The molecule has 1 unspecified atom stereocenters. The van der Waals surface area contributed by atoms with Gasteiger partial charge in [0, 0.05) is 35.2 Å². The molecule has 0 aromatic heterocycles. The number of anilines is 1. The number of carbonyl (C=O) groups excluding carboxylic acids is 1. The molecule has 1 heterocycles. The van der Waals surface area contributed by atoms with E-state index in [1.54, 1.807) is 0 Å². The molecule has 0 amide bonds. The molecule has 0 bridgehead atoms. The average Bonchev–Trinajstić information content (AvgIpc) is 2.55. The molecule has 2 nitrogen and oxygen atoms in total. The van der Waals surface area contributed by atoms with Crippen molar-refractivity contribution >= 4 is 24.1 Å². The standard InChI is InChI=1S/C18H19NOS/c20-18(14-5-2-1-3-6-14)15-8-10-16(11-9-15)19-12-4-7-17(21)13-19/h1-3,5-6,8-11,17,21H,4,7,12-13H2. The summed E-state index contributed by atoms with van der Waals surface area (Å²) in [6, 6.07) is 17.3. The lowest BCUT2D eigenvalue weighted by Gasteiger charge is -2.32. The van der Waals surface area contributed by atoms with Crippen LogP contribution in [0.1, 0.15) is 28.8 Å². The van der Waals surface area contributed by atoms with Gasteiger partial charge in [-0.15, -0.1) is 0 Å². The Morgan fingerprint density at radius 2 is 1.67 bits per heavy atom. The van der Waals surface area contributed by atoms with Gasteiger partial charge in [0.2, 0.25) is 0 Å². The lowest BCUT2D eigenvalue weighted by atomic mass is 10.0. The lowest BCUT2D eigenvalue weighted by Crippen LogP contribution is -2.35. The molecule has 3 heteroatoms. The SMILES string of the molecule is O=C(c1ccccc1)c1ccc(N2CCCC(S)C2)cc1. The average molecular weight is 297 g/mol. The number of carbonyl (C=O) groups is 1. The van der Waals surface area contributed by atoms with E-state index in [-0.39, 0.29) is 5.78 Å². The summed E-state index contributed by atoms with van der Waals surface area (Å²) in [5.74, 6) is 0.0767. The van der Waals surface area contributed by atoms with Crippen molar-refractivity contribution in [1.29, 1.82) is 0 Å². The third kappa shape index (κ3) is 3.30. The van der Waals surface area contributed by atoms with Gasteiger partial charge in [-0.3, -0.25) is 4.79 Å². The number of rotatable bonds is 3. The van der Waals surface area contributed by atoms with Crippen LogP contribution in [-0.2, 0) is 0 Å². The highest BCUT2D eigenvalue weighted by atomic mass is 32.1. The predicted molar refractivity (Wildman–Crippen MR) is 90.5 cm³/mol. The van der Waals surface area contributed by atoms with Crippen LogP contribution in [0.15, 0.2) is 54.6 Å². The molecular formula is C18H19NOS. The van der Waals surface area contributed by atoms with E-state index in [1.807, 2.05) is 54.6 Å². The monoisotopic (exact) mass is 297 g/mol. The summed E-state index contributed by atoms with van der Waals surface area (Å²) in [7, 11) is 0. The van der Waals surface area contributed by atoms with Crippen LogP contribution in [-0.4, -0.2) is 24.1 Å². The summed E-state index contributed by atoms with van der Waals surface area (Å²) >= 11 is 4.58. The summed E-state index contributed by atoms with van der Waals surface area (Å²) in [4.78, 5) is 14.7. The number of nitrogens with zero attached hydrogens (tertiary/aromatic N) is 1. The molecule has 0 saturated carbocycles. The van der Waals surface area contributed by atoms with Gasteiger partial charge in [0.1, 0.15) is 0 Å². The topological polar surface area (TPSA) is 20.3 Å². The number of thiol groups is 1. The molecule has 0 N–H and O–H groups in total. The van der Waals surface area contributed by atoms with E-state index >= 15 is 0 Å². The molecule has 1 saturated heterocycles. The number of ketones is 1. The van der Waals surface area contributed by atoms with Crippen molar-refractivity contribution in [3.8, 4) is 0 Å². The number of hydrogen-bond acceptors (Lipinski definition) is 3. The molecule has 108 valence electrons. The van der Waals surface area contributed by atoms with E-state index in [0.29, 0.717) is 5.25 Å². The van der Waals surface area contributed by atoms with Crippen molar-refractivity contribution in [2.45, 2.75) is 18.1 Å². The van der Waals surface area contributed by atoms with E-state index < -0.39 is 0 Å². The van der Waals surface area contributed by atoms with Crippen LogP contribution in [0.2, 0.25) is 0 Å². The normalized spacial score (nSPS) is 18.5. The Bertz CT molecular complexity index is 609. The molecule has 1 atom stereocenters. The van der Waals surface area contributed by atoms with E-state index in [0.717, 1.165) is 24.2 Å². The predicted octanol–water partition coefficient (Wildman–Crippen LogP) is 3.82. The molecule has 0 aliphatic carbocycles. The van der Waals surface area contributed by atoms with Gasteiger partial charge in [-0.05, 0) is 37.1 Å². The largest absolute Gasteiger partial charge is 0.370 e. The zero-order valence-electron chi connectivity index (χ0n) is 11.9.